The number of nitrogens with zero attached hydrogens (tertiary/aromatic N) is 1. The van der Waals surface area contributed by atoms with Crippen LogP contribution in [-0.4, -0.2) is 33.2 Å². The molecule has 0 aliphatic rings. The van der Waals surface area contributed by atoms with Gasteiger partial charge < -0.3 is 24.7 Å². The zero-order chi connectivity index (χ0) is 22.1. The van der Waals surface area contributed by atoms with Crippen LogP contribution >= 0.6 is 0 Å². The van der Waals surface area contributed by atoms with E-state index in [1.807, 2.05) is 0 Å². The first-order valence-electron chi connectivity index (χ1n) is 8.63. The number of benzene rings is 2. The molecule has 0 aliphatic carbocycles. The second-order valence-corrected chi connectivity index (χ2v) is 5.81. The highest BCUT2D eigenvalue weighted by Crippen LogP contribution is 2.30. The molecule has 30 heavy (non-hydrogen) atoms. The van der Waals surface area contributed by atoms with Crippen molar-refractivity contribution < 1.29 is 28.5 Å². The van der Waals surface area contributed by atoms with Crippen LogP contribution in [0, 0.1) is 11.3 Å². The molecule has 0 atom stereocenters. The smallest absolute Gasteiger partial charge is 0.336 e. The number of nitriles is 1. The number of nitrogens with two attached hydrogens (primary N) is 1. The van der Waals surface area contributed by atoms with E-state index in [-0.39, 0.29) is 17.1 Å². The highest BCUT2D eigenvalue weighted by atomic mass is 16.6. The lowest BCUT2D eigenvalue weighted by Gasteiger charge is -2.09. The fraction of sp³-hybridized carbons (Fsp3) is 0.136. The normalized spacial score (nSPS) is 10.9. The second kappa shape index (κ2) is 10.3. The van der Waals surface area contributed by atoms with Gasteiger partial charge >= 0.3 is 5.97 Å². The molecular formula is C22H20N2O6. The van der Waals surface area contributed by atoms with Crippen molar-refractivity contribution in [2.75, 3.05) is 21.3 Å². The van der Waals surface area contributed by atoms with Gasteiger partial charge in [0.2, 0.25) is 0 Å². The van der Waals surface area contributed by atoms with Crippen LogP contribution in [0.2, 0.25) is 0 Å². The summed E-state index contributed by atoms with van der Waals surface area (Å²) >= 11 is 0. The van der Waals surface area contributed by atoms with Crippen molar-refractivity contribution in [3.8, 4) is 29.1 Å². The molecule has 0 saturated heterocycles. The SMILES string of the molecule is COc1ccc(/C=C/C(=O)Oc2ccc(/C=C(\C#N)C(N)=O)cc2OC)cc1OC. The molecule has 2 rings (SSSR count). The van der Waals surface area contributed by atoms with Crippen molar-refractivity contribution >= 4 is 24.0 Å². The molecule has 0 spiro atoms. The zero-order valence-corrected chi connectivity index (χ0v) is 16.7. The van der Waals surface area contributed by atoms with Crippen molar-refractivity contribution in [3.05, 3.63) is 59.2 Å². The molecule has 2 N–H and O–H groups in total. The molecular weight excluding hydrogens is 388 g/mol. The van der Waals surface area contributed by atoms with Gasteiger partial charge in [-0.2, -0.15) is 5.26 Å². The quantitative estimate of drug-likeness (QED) is 0.308. The molecule has 8 nitrogen and oxygen atoms in total. The molecule has 0 heterocycles. The Morgan fingerprint density at radius 2 is 1.47 bits per heavy atom. The molecule has 0 unspecified atom stereocenters. The van der Waals surface area contributed by atoms with E-state index in [0.29, 0.717) is 22.6 Å². The van der Waals surface area contributed by atoms with Crippen molar-refractivity contribution in [1.29, 1.82) is 5.26 Å². The minimum absolute atomic E-state index is 0.175. The summed E-state index contributed by atoms with van der Waals surface area (Å²) in [7, 11) is 4.46. The zero-order valence-electron chi connectivity index (χ0n) is 16.7. The van der Waals surface area contributed by atoms with Crippen LogP contribution in [-0.2, 0) is 9.59 Å². The molecule has 0 aromatic heterocycles. The van der Waals surface area contributed by atoms with E-state index in [2.05, 4.69) is 0 Å². The van der Waals surface area contributed by atoms with E-state index >= 15 is 0 Å². The Bertz CT molecular complexity index is 1050. The van der Waals surface area contributed by atoms with E-state index in [4.69, 9.17) is 29.9 Å². The third-order valence-electron chi connectivity index (χ3n) is 3.91. The molecule has 0 aliphatic heterocycles. The fourth-order valence-corrected chi connectivity index (χ4v) is 2.45. The number of amides is 1. The highest BCUT2D eigenvalue weighted by molar-refractivity contribution is 6.00. The molecule has 154 valence electrons. The van der Waals surface area contributed by atoms with Crippen LogP contribution in [0.5, 0.6) is 23.0 Å². The summed E-state index contributed by atoms with van der Waals surface area (Å²) in [6.07, 6.45) is 4.14. The summed E-state index contributed by atoms with van der Waals surface area (Å²) in [6, 6.07) is 11.5. The lowest BCUT2D eigenvalue weighted by atomic mass is 10.1. The van der Waals surface area contributed by atoms with Crippen LogP contribution in [0.4, 0.5) is 0 Å². The summed E-state index contributed by atoms with van der Waals surface area (Å²) in [5.74, 6) is 0.0686. The average Bonchev–Trinajstić information content (AvgIpc) is 2.76. The maximum Gasteiger partial charge on any atom is 0.336 e. The maximum atomic E-state index is 12.2. The van der Waals surface area contributed by atoms with E-state index in [1.165, 1.54) is 45.6 Å². The Labute approximate surface area is 173 Å². The molecule has 2 aromatic carbocycles. The number of methoxy groups -OCH3 is 3. The van der Waals surface area contributed by atoms with Crippen LogP contribution < -0.4 is 24.7 Å². The number of primary amides is 1. The minimum Gasteiger partial charge on any atom is -0.493 e. The van der Waals surface area contributed by atoms with Crippen LogP contribution in [0.3, 0.4) is 0 Å². The van der Waals surface area contributed by atoms with Gasteiger partial charge in [0.05, 0.1) is 21.3 Å². The maximum absolute atomic E-state index is 12.2. The van der Waals surface area contributed by atoms with Crippen LogP contribution in [0.15, 0.2) is 48.0 Å². The largest absolute Gasteiger partial charge is 0.493 e. The van der Waals surface area contributed by atoms with E-state index < -0.39 is 11.9 Å². The number of esters is 1. The van der Waals surface area contributed by atoms with Crippen molar-refractivity contribution in [1.82, 2.24) is 0 Å². The van der Waals surface area contributed by atoms with E-state index in [0.717, 1.165) is 0 Å². The number of carbonyl (C=O) groups is 2. The topological polar surface area (TPSA) is 121 Å². The predicted octanol–water partition coefficient (Wildman–Crippen LogP) is 2.72. The van der Waals surface area contributed by atoms with Gasteiger partial charge in [-0.25, -0.2) is 4.79 Å². The van der Waals surface area contributed by atoms with Gasteiger partial charge in [-0.1, -0.05) is 12.1 Å². The van der Waals surface area contributed by atoms with Crippen molar-refractivity contribution in [2.45, 2.75) is 0 Å². The minimum atomic E-state index is -0.840. The van der Waals surface area contributed by atoms with Crippen molar-refractivity contribution in [3.63, 3.8) is 0 Å². The summed E-state index contributed by atoms with van der Waals surface area (Å²) in [5, 5.41) is 8.93. The fourth-order valence-electron chi connectivity index (χ4n) is 2.45. The monoisotopic (exact) mass is 408 g/mol. The lowest BCUT2D eigenvalue weighted by Crippen LogP contribution is -2.12. The molecule has 2 aromatic rings. The average molecular weight is 408 g/mol. The number of rotatable bonds is 8. The number of carbonyl (C=O) groups excluding carboxylic acids is 2. The van der Waals surface area contributed by atoms with Crippen LogP contribution in [0.1, 0.15) is 11.1 Å². The van der Waals surface area contributed by atoms with E-state index in [9.17, 15) is 9.59 Å². The summed E-state index contributed by atoms with van der Waals surface area (Å²) < 4.78 is 20.9. The summed E-state index contributed by atoms with van der Waals surface area (Å²) in [4.78, 5) is 23.4. The van der Waals surface area contributed by atoms with Gasteiger partial charge in [0.15, 0.2) is 23.0 Å². The third kappa shape index (κ3) is 5.62. The summed E-state index contributed by atoms with van der Waals surface area (Å²) in [5.41, 5.74) is 6.12. The Hall–Kier alpha value is -4.25. The van der Waals surface area contributed by atoms with Gasteiger partial charge in [0.1, 0.15) is 11.6 Å². The first-order chi connectivity index (χ1) is 14.4. The van der Waals surface area contributed by atoms with Crippen molar-refractivity contribution in [2.24, 2.45) is 5.73 Å². The molecule has 0 fully saturated rings. The molecule has 1 amide bonds. The van der Waals surface area contributed by atoms with Gasteiger partial charge in [-0.05, 0) is 47.5 Å². The third-order valence-corrected chi connectivity index (χ3v) is 3.91. The molecule has 8 heteroatoms. The van der Waals surface area contributed by atoms with E-state index in [1.54, 1.807) is 36.4 Å². The molecule has 0 radical (unpaired) electrons. The number of hydrogen-bond donors (Lipinski definition) is 1. The second-order valence-electron chi connectivity index (χ2n) is 5.81. The lowest BCUT2D eigenvalue weighted by molar-refractivity contribution is -0.129. The van der Waals surface area contributed by atoms with Gasteiger partial charge in [0.25, 0.3) is 5.91 Å². The predicted molar refractivity (Wildman–Crippen MR) is 110 cm³/mol. The Balaban J connectivity index is 2.18. The van der Waals surface area contributed by atoms with Gasteiger partial charge in [0, 0.05) is 6.08 Å². The molecule has 0 saturated carbocycles. The number of ether oxygens (including phenoxy) is 4. The first kappa shape index (κ1) is 22.0. The summed E-state index contributed by atoms with van der Waals surface area (Å²) in [6.45, 7) is 0. The Kier molecular flexibility index (Phi) is 7.60. The standard InChI is InChI=1S/C22H20N2O6/c1-27-17-7-4-14(11-19(17)28-2)6-9-21(25)30-18-8-5-15(12-20(18)29-3)10-16(13-23)22(24)26/h4-12H,1-3H3,(H2,24,26)/b9-6+,16-10+. The van der Waals surface area contributed by atoms with Crippen LogP contribution in [0.25, 0.3) is 12.2 Å². The Morgan fingerprint density at radius 1 is 0.900 bits per heavy atom. The first-order valence-corrected chi connectivity index (χ1v) is 8.63. The van der Waals surface area contributed by atoms with Gasteiger partial charge in [-0.3, -0.25) is 4.79 Å². The number of hydrogen-bond acceptors (Lipinski definition) is 7. The van der Waals surface area contributed by atoms with Gasteiger partial charge in [-0.15, -0.1) is 0 Å². The highest BCUT2D eigenvalue weighted by Gasteiger charge is 2.11. The Morgan fingerprint density at radius 3 is 2.07 bits per heavy atom. The molecule has 0 bridgehead atoms.